The van der Waals surface area contributed by atoms with Crippen LogP contribution in [0.2, 0.25) is 0 Å². The van der Waals surface area contributed by atoms with Gasteiger partial charge >= 0.3 is 0 Å². The van der Waals surface area contributed by atoms with Gasteiger partial charge in [-0.1, -0.05) is 0 Å². The Labute approximate surface area is 115 Å². The van der Waals surface area contributed by atoms with Gasteiger partial charge in [-0.05, 0) is 15.9 Å². The molecule has 0 radical (unpaired) electrons. The molecular formula is C10H9BrN4O2S. The van der Waals surface area contributed by atoms with Gasteiger partial charge in [-0.15, -0.1) is 11.3 Å². The lowest BCUT2D eigenvalue weighted by atomic mass is 10.3. The molecule has 2 aromatic rings. The van der Waals surface area contributed by atoms with Crippen molar-refractivity contribution in [1.29, 1.82) is 0 Å². The van der Waals surface area contributed by atoms with Gasteiger partial charge in [-0.25, -0.2) is 9.97 Å². The number of hydrogen-bond donors (Lipinski definition) is 1. The maximum Gasteiger partial charge on any atom is 0.288 e. The van der Waals surface area contributed by atoms with Crippen LogP contribution in [0.4, 0.5) is 11.5 Å². The summed E-state index contributed by atoms with van der Waals surface area (Å²) in [5.41, 5.74) is 2.77. The van der Waals surface area contributed by atoms with Gasteiger partial charge in [0.15, 0.2) is 0 Å². The third-order valence-electron chi connectivity index (χ3n) is 2.19. The Hall–Kier alpha value is -1.54. The number of nitrogens with zero attached hydrogens (tertiary/aromatic N) is 3. The van der Waals surface area contributed by atoms with Crippen LogP contribution in [0.25, 0.3) is 0 Å². The molecule has 6 nitrogen and oxygen atoms in total. The first-order valence-corrected chi connectivity index (χ1v) is 6.81. The van der Waals surface area contributed by atoms with Gasteiger partial charge < -0.3 is 5.32 Å². The molecule has 0 aliphatic carbocycles. The number of halogens is 1. The molecular weight excluding hydrogens is 320 g/mol. The van der Waals surface area contributed by atoms with Gasteiger partial charge in [0, 0.05) is 24.4 Å². The fourth-order valence-corrected chi connectivity index (χ4v) is 2.40. The van der Waals surface area contributed by atoms with E-state index in [9.17, 15) is 10.1 Å². The van der Waals surface area contributed by atoms with Crippen molar-refractivity contribution >= 4 is 38.8 Å². The van der Waals surface area contributed by atoms with E-state index in [2.05, 4.69) is 31.2 Å². The van der Waals surface area contributed by atoms with Crippen LogP contribution >= 0.6 is 27.3 Å². The molecule has 0 atom stereocenters. The Morgan fingerprint density at radius 2 is 2.33 bits per heavy atom. The van der Waals surface area contributed by atoms with Crippen LogP contribution in [-0.4, -0.2) is 21.4 Å². The Morgan fingerprint density at radius 3 is 2.94 bits per heavy atom. The third-order valence-corrected chi connectivity index (χ3v) is 3.43. The molecule has 0 aliphatic rings. The molecule has 0 amide bonds. The Morgan fingerprint density at radius 1 is 1.50 bits per heavy atom. The number of thiazole rings is 1. The summed E-state index contributed by atoms with van der Waals surface area (Å²) in [5, 5.41) is 15.6. The predicted octanol–water partition coefficient (Wildman–Crippen LogP) is 2.86. The monoisotopic (exact) mass is 328 g/mol. The summed E-state index contributed by atoms with van der Waals surface area (Å²) in [6, 6.07) is 1.43. The summed E-state index contributed by atoms with van der Waals surface area (Å²) < 4.78 is 0.579. The lowest BCUT2D eigenvalue weighted by molar-refractivity contribution is -0.385. The summed E-state index contributed by atoms with van der Waals surface area (Å²) in [4.78, 5) is 18.2. The van der Waals surface area contributed by atoms with Crippen molar-refractivity contribution < 1.29 is 4.92 Å². The van der Waals surface area contributed by atoms with Crippen LogP contribution in [-0.2, 0) is 6.42 Å². The maximum absolute atomic E-state index is 10.6. The number of nitro groups is 1. The molecule has 0 saturated heterocycles. The van der Waals surface area contributed by atoms with E-state index in [4.69, 9.17) is 0 Å². The van der Waals surface area contributed by atoms with Crippen LogP contribution < -0.4 is 5.32 Å². The van der Waals surface area contributed by atoms with Gasteiger partial charge in [-0.2, -0.15) is 0 Å². The number of aromatic nitrogens is 2. The van der Waals surface area contributed by atoms with Crippen molar-refractivity contribution in [2.75, 3.05) is 11.9 Å². The molecule has 0 aliphatic heterocycles. The second-order valence-corrected chi connectivity index (χ2v) is 5.01. The van der Waals surface area contributed by atoms with Gasteiger partial charge in [0.2, 0.25) is 0 Å². The Bertz CT molecular complexity index is 547. The zero-order valence-corrected chi connectivity index (χ0v) is 11.6. The van der Waals surface area contributed by atoms with Crippen molar-refractivity contribution in [3.63, 3.8) is 0 Å². The number of anilines is 1. The summed E-state index contributed by atoms with van der Waals surface area (Å²) >= 11 is 4.81. The van der Waals surface area contributed by atoms with Gasteiger partial charge in [-0.3, -0.25) is 10.1 Å². The molecule has 0 bridgehead atoms. The number of nitrogens with one attached hydrogen (secondary N) is 1. The van der Waals surface area contributed by atoms with E-state index < -0.39 is 4.92 Å². The topological polar surface area (TPSA) is 81.0 Å². The van der Waals surface area contributed by atoms with Crippen molar-refractivity contribution in [2.24, 2.45) is 0 Å². The van der Waals surface area contributed by atoms with E-state index in [-0.39, 0.29) is 5.69 Å². The first kappa shape index (κ1) is 12.9. The minimum atomic E-state index is -0.475. The maximum atomic E-state index is 10.6. The van der Waals surface area contributed by atoms with Gasteiger partial charge in [0.1, 0.15) is 12.0 Å². The second-order valence-electron chi connectivity index (χ2n) is 3.44. The predicted molar refractivity (Wildman–Crippen MR) is 72.9 cm³/mol. The van der Waals surface area contributed by atoms with Crippen molar-refractivity contribution in [3.05, 3.63) is 43.4 Å². The zero-order valence-electron chi connectivity index (χ0n) is 9.17. The molecule has 18 heavy (non-hydrogen) atoms. The van der Waals surface area contributed by atoms with Crippen LogP contribution in [0.15, 0.2) is 27.6 Å². The summed E-state index contributed by atoms with van der Waals surface area (Å²) in [6.07, 6.45) is 2.02. The summed E-state index contributed by atoms with van der Waals surface area (Å²) in [6.45, 7) is 0.674. The standard InChI is InChI=1S/C10H9BrN4O2S/c11-9-3-8(15(16)17)4-13-10(9)12-2-1-7-5-18-6-14-7/h3-6H,1-2H2,(H,12,13). The molecule has 0 fully saturated rings. The third kappa shape index (κ3) is 3.23. The van der Waals surface area contributed by atoms with Crippen molar-refractivity contribution in [3.8, 4) is 0 Å². The zero-order chi connectivity index (χ0) is 13.0. The summed E-state index contributed by atoms with van der Waals surface area (Å²) in [5.74, 6) is 0.593. The SMILES string of the molecule is O=[N+]([O-])c1cnc(NCCc2cscn2)c(Br)c1. The molecule has 94 valence electrons. The molecule has 2 heterocycles. The van der Waals surface area contributed by atoms with E-state index in [1.807, 2.05) is 5.38 Å². The van der Waals surface area contributed by atoms with Gasteiger partial charge in [0.25, 0.3) is 5.69 Å². The summed E-state index contributed by atoms with van der Waals surface area (Å²) in [7, 11) is 0. The largest absolute Gasteiger partial charge is 0.369 e. The van der Waals surface area contributed by atoms with Crippen LogP contribution in [0.1, 0.15) is 5.69 Å². The van der Waals surface area contributed by atoms with Crippen molar-refractivity contribution in [1.82, 2.24) is 9.97 Å². The molecule has 0 aromatic carbocycles. The van der Waals surface area contributed by atoms with E-state index in [0.29, 0.717) is 16.8 Å². The highest BCUT2D eigenvalue weighted by atomic mass is 79.9. The van der Waals surface area contributed by atoms with Crippen LogP contribution in [0, 0.1) is 10.1 Å². The number of pyridine rings is 1. The van der Waals surface area contributed by atoms with E-state index in [1.165, 1.54) is 12.3 Å². The molecule has 0 unspecified atom stereocenters. The number of hydrogen-bond acceptors (Lipinski definition) is 6. The van der Waals surface area contributed by atoms with Crippen LogP contribution in [0.5, 0.6) is 0 Å². The average Bonchev–Trinajstić information content (AvgIpc) is 2.84. The molecule has 2 aromatic heterocycles. The first-order chi connectivity index (χ1) is 8.66. The number of rotatable bonds is 5. The lowest BCUT2D eigenvalue weighted by Crippen LogP contribution is -2.07. The van der Waals surface area contributed by atoms with Crippen molar-refractivity contribution in [2.45, 2.75) is 6.42 Å². The van der Waals surface area contributed by atoms with E-state index >= 15 is 0 Å². The minimum absolute atomic E-state index is 0.0353. The molecule has 1 N–H and O–H groups in total. The molecule has 0 saturated carbocycles. The van der Waals surface area contributed by atoms with Crippen LogP contribution in [0.3, 0.4) is 0 Å². The average molecular weight is 329 g/mol. The smallest absolute Gasteiger partial charge is 0.288 e. The van der Waals surface area contributed by atoms with E-state index in [0.717, 1.165) is 12.1 Å². The minimum Gasteiger partial charge on any atom is -0.369 e. The molecule has 2 rings (SSSR count). The lowest BCUT2D eigenvalue weighted by Gasteiger charge is -2.05. The molecule has 0 spiro atoms. The molecule has 8 heteroatoms. The Kier molecular flexibility index (Phi) is 4.21. The fraction of sp³-hybridized carbons (Fsp3) is 0.200. The van der Waals surface area contributed by atoms with E-state index in [1.54, 1.807) is 16.8 Å². The first-order valence-electron chi connectivity index (χ1n) is 5.07. The second kappa shape index (κ2) is 5.87. The highest BCUT2D eigenvalue weighted by molar-refractivity contribution is 9.10. The normalized spacial score (nSPS) is 10.3. The quantitative estimate of drug-likeness (QED) is 0.674. The highest BCUT2D eigenvalue weighted by Crippen LogP contribution is 2.24. The Balaban J connectivity index is 1.95. The fourth-order valence-electron chi connectivity index (χ4n) is 1.33. The van der Waals surface area contributed by atoms with Gasteiger partial charge in [0.05, 0.1) is 20.6 Å². The highest BCUT2D eigenvalue weighted by Gasteiger charge is 2.10.